The second kappa shape index (κ2) is 6.50. The van der Waals surface area contributed by atoms with Crippen molar-refractivity contribution in [2.45, 2.75) is 6.42 Å². The predicted octanol–water partition coefficient (Wildman–Crippen LogP) is 2.59. The Bertz CT molecular complexity index is 444. The van der Waals surface area contributed by atoms with Gasteiger partial charge in [0.15, 0.2) is 0 Å². The number of amides is 1. The van der Waals surface area contributed by atoms with E-state index in [9.17, 15) is 4.79 Å². The van der Waals surface area contributed by atoms with Crippen molar-refractivity contribution >= 4 is 39.2 Å². The number of hydrogen-bond donors (Lipinski definition) is 1. The van der Waals surface area contributed by atoms with Crippen LogP contribution < -0.4 is 5.32 Å². The first-order valence-electron chi connectivity index (χ1n) is 6.06. The summed E-state index contributed by atoms with van der Waals surface area (Å²) in [7, 11) is 1.96. The highest BCUT2D eigenvalue weighted by atomic mass is 79.9. The highest BCUT2D eigenvalue weighted by Gasteiger charge is 2.24. The van der Waals surface area contributed by atoms with Crippen molar-refractivity contribution in [2.24, 2.45) is 5.92 Å². The molecule has 5 heteroatoms. The molecule has 2 heterocycles. The summed E-state index contributed by atoms with van der Waals surface area (Å²) >= 11 is 5.04. The molecule has 1 N–H and O–H groups in total. The molecule has 0 saturated carbocycles. The molecule has 0 aliphatic carbocycles. The average Bonchev–Trinajstić information content (AvgIpc) is 2.96. The number of hydrogen-bond acceptors (Lipinski definition) is 3. The summed E-state index contributed by atoms with van der Waals surface area (Å²) < 4.78 is 1.09. The van der Waals surface area contributed by atoms with Gasteiger partial charge in [-0.1, -0.05) is 0 Å². The summed E-state index contributed by atoms with van der Waals surface area (Å²) in [5.41, 5.74) is 0. The fraction of sp³-hybridized carbons (Fsp3) is 0.462. The van der Waals surface area contributed by atoms with Crippen LogP contribution in [-0.2, 0) is 4.79 Å². The van der Waals surface area contributed by atoms with Crippen molar-refractivity contribution in [1.29, 1.82) is 0 Å². The van der Waals surface area contributed by atoms with Gasteiger partial charge in [-0.15, -0.1) is 11.3 Å². The van der Waals surface area contributed by atoms with E-state index in [0.29, 0.717) is 5.92 Å². The van der Waals surface area contributed by atoms with E-state index in [0.717, 1.165) is 34.7 Å². The maximum atomic E-state index is 12.0. The highest BCUT2D eigenvalue weighted by molar-refractivity contribution is 9.11. The van der Waals surface area contributed by atoms with Crippen molar-refractivity contribution in [2.75, 3.05) is 26.7 Å². The minimum atomic E-state index is 0.123. The van der Waals surface area contributed by atoms with Crippen LogP contribution in [0, 0.1) is 5.92 Å². The van der Waals surface area contributed by atoms with E-state index < -0.39 is 0 Å². The van der Waals surface area contributed by atoms with Crippen molar-refractivity contribution in [3.8, 4) is 0 Å². The van der Waals surface area contributed by atoms with E-state index in [1.165, 1.54) is 0 Å². The van der Waals surface area contributed by atoms with Crippen LogP contribution in [0.3, 0.4) is 0 Å². The molecule has 0 spiro atoms. The Morgan fingerprint density at radius 3 is 3.17 bits per heavy atom. The number of carbonyl (C=O) groups excluding carboxylic acids is 1. The van der Waals surface area contributed by atoms with Crippen molar-refractivity contribution in [3.05, 3.63) is 26.9 Å². The SMILES string of the molecule is CNCC1CCN(C(=O)/C=C/c2ccc(Br)s2)C1. The standard InChI is InChI=1S/C13H17BrN2OS/c1-15-8-10-6-7-16(9-10)13(17)5-3-11-2-4-12(14)18-11/h2-5,10,15H,6-9H2,1H3/b5-3+. The van der Waals surface area contributed by atoms with Gasteiger partial charge < -0.3 is 10.2 Å². The van der Waals surface area contributed by atoms with Crippen molar-refractivity contribution < 1.29 is 4.79 Å². The zero-order valence-corrected chi connectivity index (χ0v) is 12.8. The molecular weight excluding hydrogens is 312 g/mol. The van der Waals surface area contributed by atoms with Gasteiger partial charge in [0.1, 0.15) is 0 Å². The first-order chi connectivity index (χ1) is 8.69. The van der Waals surface area contributed by atoms with E-state index in [2.05, 4.69) is 21.2 Å². The molecule has 1 amide bonds. The lowest BCUT2D eigenvalue weighted by atomic mass is 10.1. The fourth-order valence-corrected chi connectivity index (χ4v) is 3.49. The fourth-order valence-electron chi connectivity index (χ4n) is 2.16. The topological polar surface area (TPSA) is 32.3 Å². The molecule has 1 aromatic heterocycles. The number of likely N-dealkylation sites (tertiary alicyclic amines) is 1. The molecule has 0 radical (unpaired) electrons. The molecule has 98 valence electrons. The van der Waals surface area contributed by atoms with E-state index >= 15 is 0 Å². The van der Waals surface area contributed by atoms with Gasteiger partial charge in [0.2, 0.25) is 5.91 Å². The zero-order valence-electron chi connectivity index (χ0n) is 10.4. The van der Waals surface area contributed by atoms with E-state index in [1.807, 2.05) is 30.2 Å². The Hall–Kier alpha value is -0.650. The number of carbonyl (C=O) groups is 1. The lowest BCUT2D eigenvalue weighted by Crippen LogP contribution is -2.28. The Labute approximate surface area is 120 Å². The lowest BCUT2D eigenvalue weighted by Gasteiger charge is -2.14. The minimum absolute atomic E-state index is 0.123. The summed E-state index contributed by atoms with van der Waals surface area (Å²) in [4.78, 5) is 15.0. The van der Waals surface area contributed by atoms with E-state index in [1.54, 1.807) is 17.4 Å². The lowest BCUT2D eigenvalue weighted by molar-refractivity contribution is -0.125. The van der Waals surface area contributed by atoms with Crippen LogP contribution in [0.5, 0.6) is 0 Å². The second-order valence-corrected chi connectivity index (χ2v) is 6.97. The van der Waals surface area contributed by atoms with Gasteiger partial charge in [0, 0.05) is 24.0 Å². The zero-order chi connectivity index (χ0) is 13.0. The normalized spacial score (nSPS) is 19.9. The van der Waals surface area contributed by atoms with Gasteiger partial charge in [-0.25, -0.2) is 0 Å². The third-order valence-electron chi connectivity index (χ3n) is 3.07. The van der Waals surface area contributed by atoms with Gasteiger partial charge in [-0.2, -0.15) is 0 Å². The molecule has 0 aromatic carbocycles. The van der Waals surface area contributed by atoms with Crippen LogP contribution in [0.4, 0.5) is 0 Å². The van der Waals surface area contributed by atoms with Crippen LogP contribution in [-0.4, -0.2) is 37.5 Å². The third-order valence-corrected chi connectivity index (χ3v) is 4.66. The summed E-state index contributed by atoms with van der Waals surface area (Å²) in [5, 5.41) is 3.17. The van der Waals surface area contributed by atoms with Crippen LogP contribution in [0.25, 0.3) is 6.08 Å². The third kappa shape index (κ3) is 3.67. The quantitative estimate of drug-likeness (QED) is 0.861. The molecule has 3 nitrogen and oxygen atoms in total. The molecule has 18 heavy (non-hydrogen) atoms. The average molecular weight is 329 g/mol. The maximum absolute atomic E-state index is 12.0. The molecule has 1 aromatic rings. The summed E-state index contributed by atoms with van der Waals surface area (Å²) in [6, 6.07) is 4.00. The number of nitrogens with zero attached hydrogens (tertiary/aromatic N) is 1. The largest absolute Gasteiger partial charge is 0.339 e. The second-order valence-electron chi connectivity index (χ2n) is 4.47. The first kappa shape index (κ1) is 13.8. The van der Waals surface area contributed by atoms with Gasteiger partial charge in [-0.3, -0.25) is 4.79 Å². The Balaban J connectivity index is 1.87. The molecular formula is C13H17BrN2OS. The van der Waals surface area contributed by atoms with Gasteiger partial charge in [0.05, 0.1) is 3.79 Å². The van der Waals surface area contributed by atoms with E-state index in [4.69, 9.17) is 0 Å². The van der Waals surface area contributed by atoms with Crippen LogP contribution in [0.1, 0.15) is 11.3 Å². The van der Waals surface area contributed by atoms with Crippen LogP contribution >= 0.6 is 27.3 Å². The smallest absolute Gasteiger partial charge is 0.246 e. The summed E-state index contributed by atoms with van der Waals surface area (Å²) in [5.74, 6) is 0.723. The van der Waals surface area contributed by atoms with Crippen molar-refractivity contribution in [3.63, 3.8) is 0 Å². The number of nitrogens with one attached hydrogen (secondary N) is 1. The van der Waals surface area contributed by atoms with Crippen LogP contribution in [0.15, 0.2) is 22.0 Å². The van der Waals surface area contributed by atoms with Gasteiger partial charge >= 0.3 is 0 Å². The van der Waals surface area contributed by atoms with Gasteiger partial charge in [0.25, 0.3) is 0 Å². The Morgan fingerprint density at radius 1 is 1.67 bits per heavy atom. The molecule has 1 fully saturated rings. The monoisotopic (exact) mass is 328 g/mol. The molecule has 1 unspecified atom stereocenters. The summed E-state index contributed by atoms with van der Waals surface area (Å²) in [6.45, 7) is 2.74. The number of rotatable bonds is 4. The molecule has 1 aliphatic rings. The predicted molar refractivity (Wildman–Crippen MR) is 79.7 cm³/mol. The van der Waals surface area contributed by atoms with Crippen LogP contribution in [0.2, 0.25) is 0 Å². The number of halogens is 1. The molecule has 1 atom stereocenters. The van der Waals surface area contributed by atoms with E-state index in [-0.39, 0.29) is 5.91 Å². The first-order valence-corrected chi connectivity index (χ1v) is 7.67. The number of thiophene rings is 1. The molecule has 0 bridgehead atoms. The maximum Gasteiger partial charge on any atom is 0.246 e. The van der Waals surface area contributed by atoms with Crippen molar-refractivity contribution in [1.82, 2.24) is 10.2 Å². The highest BCUT2D eigenvalue weighted by Crippen LogP contribution is 2.23. The van der Waals surface area contributed by atoms with Gasteiger partial charge in [-0.05, 0) is 60.1 Å². The molecule has 1 aliphatic heterocycles. The molecule has 2 rings (SSSR count). The Morgan fingerprint density at radius 2 is 2.50 bits per heavy atom. The minimum Gasteiger partial charge on any atom is -0.339 e. The molecule has 1 saturated heterocycles. The Kier molecular flexibility index (Phi) is 4.97. The summed E-state index contributed by atoms with van der Waals surface area (Å²) in [6.07, 6.45) is 4.67.